The summed E-state index contributed by atoms with van der Waals surface area (Å²) in [6.45, 7) is 1.57. The monoisotopic (exact) mass is 359 g/mol. The van der Waals surface area contributed by atoms with Crippen LogP contribution in [0.25, 0.3) is 0 Å². The topological polar surface area (TPSA) is 64.6 Å². The van der Waals surface area contributed by atoms with Gasteiger partial charge in [0.15, 0.2) is 6.10 Å². The number of esters is 1. The summed E-state index contributed by atoms with van der Waals surface area (Å²) in [5.74, 6) is -0.0873. The van der Waals surface area contributed by atoms with Gasteiger partial charge in [-0.1, -0.05) is 0 Å². The Morgan fingerprint density at radius 1 is 1.16 bits per heavy atom. The lowest BCUT2D eigenvalue weighted by Gasteiger charge is -2.13. The van der Waals surface area contributed by atoms with E-state index in [9.17, 15) is 9.59 Å². The quantitative estimate of drug-likeness (QED) is 0.824. The van der Waals surface area contributed by atoms with Gasteiger partial charge in [0.2, 0.25) is 0 Å². The number of nitrogens with one attached hydrogen (secondary N) is 1. The second-order valence-electron chi connectivity index (χ2n) is 6.03. The van der Waals surface area contributed by atoms with Gasteiger partial charge in [0.05, 0.1) is 7.11 Å². The number of hydrogen-bond acceptors (Lipinski definition) is 5. The standard InChI is InChI=1S/C19H21NO4S/c1-12(18(21)20-14-7-9-15(23-2)10-8-14)24-19(22)17-11-13-5-3-4-6-16(13)25-17/h7-12H,3-6H2,1-2H3,(H,20,21)/t12-/m1/s1. The van der Waals surface area contributed by atoms with Gasteiger partial charge in [-0.15, -0.1) is 11.3 Å². The summed E-state index contributed by atoms with van der Waals surface area (Å²) in [5.41, 5.74) is 1.87. The van der Waals surface area contributed by atoms with E-state index in [4.69, 9.17) is 9.47 Å². The second kappa shape index (κ2) is 7.70. The molecule has 1 heterocycles. The van der Waals surface area contributed by atoms with Gasteiger partial charge in [0.25, 0.3) is 5.91 Å². The normalized spacial score (nSPS) is 14.3. The minimum Gasteiger partial charge on any atom is -0.497 e. The van der Waals surface area contributed by atoms with E-state index in [2.05, 4.69) is 5.32 Å². The van der Waals surface area contributed by atoms with Gasteiger partial charge in [-0.3, -0.25) is 4.79 Å². The number of fused-ring (bicyclic) bond motifs is 1. The van der Waals surface area contributed by atoms with E-state index in [-0.39, 0.29) is 5.91 Å². The van der Waals surface area contributed by atoms with Gasteiger partial charge in [0, 0.05) is 10.6 Å². The molecule has 25 heavy (non-hydrogen) atoms. The molecule has 5 nitrogen and oxygen atoms in total. The molecule has 0 radical (unpaired) electrons. The molecular formula is C19H21NO4S. The summed E-state index contributed by atoms with van der Waals surface area (Å²) in [6.07, 6.45) is 3.52. The van der Waals surface area contributed by atoms with E-state index in [0.29, 0.717) is 16.3 Å². The van der Waals surface area contributed by atoms with E-state index in [1.54, 1.807) is 38.3 Å². The lowest BCUT2D eigenvalue weighted by Crippen LogP contribution is -2.29. The van der Waals surface area contributed by atoms with E-state index in [1.807, 2.05) is 6.07 Å². The molecule has 0 saturated carbocycles. The lowest BCUT2D eigenvalue weighted by molar-refractivity contribution is -0.123. The highest BCUT2D eigenvalue weighted by Crippen LogP contribution is 2.30. The molecule has 1 aliphatic carbocycles. The Morgan fingerprint density at radius 3 is 2.56 bits per heavy atom. The summed E-state index contributed by atoms with van der Waals surface area (Å²) in [4.78, 5) is 26.4. The number of anilines is 1. The molecule has 0 unspecified atom stereocenters. The van der Waals surface area contributed by atoms with Crippen molar-refractivity contribution in [1.29, 1.82) is 0 Å². The zero-order chi connectivity index (χ0) is 17.8. The highest BCUT2D eigenvalue weighted by molar-refractivity contribution is 7.14. The van der Waals surface area contributed by atoms with Crippen LogP contribution in [0.2, 0.25) is 0 Å². The van der Waals surface area contributed by atoms with Gasteiger partial charge in [-0.25, -0.2) is 4.79 Å². The van der Waals surface area contributed by atoms with Crippen molar-refractivity contribution < 1.29 is 19.1 Å². The van der Waals surface area contributed by atoms with E-state index in [1.165, 1.54) is 34.6 Å². The van der Waals surface area contributed by atoms with Crippen LogP contribution in [0.1, 0.15) is 39.9 Å². The third-order valence-electron chi connectivity index (χ3n) is 4.21. The molecule has 0 fully saturated rings. The largest absolute Gasteiger partial charge is 0.497 e. The average molecular weight is 359 g/mol. The number of carbonyl (C=O) groups is 2. The highest BCUT2D eigenvalue weighted by Gasteiger charge is 2.22. The molecule has 0 bridgehead atoms. The molecule has 2 aromatic rings. The maximum absolute atomic E-state index is 12.3. The highest BCUT2D eigenvalue weighted by atomic mass is 32.1. The molecule has 132 valence electrons. The predicted octanol–water partition coefficient (Wildman–Crippen LogP) is 3.82. The van der Waals surface area contributed by atoms with Crippen molar-refractivity contribution >= 4 is 28.9 Å². The fourth-order valence-electron chi connectivity index (χ4n) is 2.78. The van der Waals surface area contributed by atoms with Crippen molar-refractivity contribution in [3.63, 3.8) is 0 Å². The molecule has 1 aromatic heterocycles. The van der Waals surface area contributed by atoms with Crippen LogP contribution in [0, 0.1) is 0 Å². The Kier molecular flexibility index (Phi) is 5.38. The Balaban J connectivity index is 1.58. The van der Waals surface area contributed by atoms with Crippen molar-refractivity contribution in [3.05, 3.63) is 45.6 Å². The SMILES string of the molecule is COc1ccc(NC(=O)[C@@H](C)OC(=O)c2cc3c(s2)CCCC3)cc1. The number of hydrogen-bond donors (Lipinski definition) is 1. The summed E-state index contributed by atoms with van der Waals surface area (Å²) in [7, 11) is 1.58. The number of benzene rings is 1. The Hall–Kier alpha value is -2.34. The van der Waals surface area contributed by atoms with Gasteiger partial charge >= 0.3 is 5.97 Å². The molecular weight excluding hydrogens is 338 g/mol. The van der Waals surface area contributed by atoms with E-state index < -0.39 is 12.1 Å². The molecule has 1 aliphatic rings. The number of carbonyl (C=O) groups excluding carboxylic acids is 2. The third-order valence-corrected chi connectivity index (χ3v) is 5.43. The van der Waals surface area contributed by atoms with Gasteiger partial charge in [-0.05, 0) is 68.5 Å². The molecule has 1 atom stereocenters. The average Bonchev–Trinajstić information content (AvgIpc) is 3.06. The molecule has 3 rings (SSSR count). The Morgan fingerprint density at radius 2 is 1.88 bits per heavy atom. The number of methoxy groups -OCH3 is 1. The van der Waals surface area contributed by atoms with Crippen molar-refractivity contribution in [1.82, 2.24) is 0 Å². The van der Waals surface area contributed by atoms with Crippen LogP contribution < -0.4 is 10.1 Å². The molecule has 6 heteroatoms. The zero-order valence-electron chi connectivity index (χ0n) is 14.3. The van der Waals surface area contributed by atoms with Crippen molar-refractivity contribution in [2.75, 3.05) is 12.4 Å². The first-order chi connectivity index (χ1) is 12.1. The Labute approximate surface area is 151 Å². The Bertz CT molecular complexity index is 743. The van der Waals surface area contributed by atoms with Crippen LogP contribution in [-0.4, -0.2) is 25.1 Å². The van der Waals surface area contributed by atoms with Crippen LogP contribution in [-0.2, 0) is 22.4 Å². The summed E-state index contributed by atoms with van der Waals surface area (Å²) < 4.78 is 10.4. The van der Waals surface area contributed by atoms with Crippen molar-refractivity contribution in [3.8, 4) is 5.75 Å². The first-order valence-electron chi connectivity index (χ1n) is 8.34. The van der Waals surface area contributed by atoms with Crippen LogP contribution >= 0.6 is 11.3 Å². The fourth-order valence-corrected chi connectivity index (χ4v) is 3.92. The van der Waals surface area contributed by atoms with Gasteiger partial charge < -0.3 is 14.8 Å². The smallest absolute Gasteiger partial charge is 0.349 e. The van der Waals surface area contributed by atoms with Gasteiger partial charge in [-0.2, -0.15) is 0 Å². The third kappa shape index (κ3) is 4.20. The van der Waals surface area contributed by atoms with Crippen LogP contribution in [0.5, 0.6) is 5.75 Å². The summed E-state index contributed by atoms with van der Waals surface area (Å²) in [6, 6.07) is 8.89. The van der Waals surface area contributed by atoms with Crippen LogP contribution in [0.4, 0.5) is 5.69 Å². The zero-order valence-corrected chi connectivity index (χ0v) is 15.2. The maximum atomic E-state index is 12.3. The first-order valence-corrected chi connectivity index (χ1v) is 9.16. The molecule has 0 aliphatic heterocycles. The molecule has 1 amide bonds. The van der Waals surface area contributed by atoms with Crippen molar-refractivity contribution in [2.45, 2.75) is 38.7 Å². The first kappa shape index (κ1) is 17.5. The number of rotatable bonds is 5. The summed E-state index contributed by atoms with van der Waals surface area (Å²) >= 11 is 1.49. The predicted molar refractivity (Wildman–Crippen MR) is 97.5 cm³/mol. The number of thiophene rings is 1. The van der Waals surface area contributed by atoms with E-state index in [0.717, 1.165) is 12.8 Å². The number of aryl methyl sites for hydroxylation is 2. The molecule has 1 N–H and O–H groups in total. The minimum atomic E-state index is -0.867. The molecule has 0 spiro atoms. The van der Waals surface area contributed by atoms with E-state index >= 15 is 0 Å². The molecule has 0 saturated heterocycles. The van der Waals surface area contributed by atoms with Crippen molar-refractivity contribution in [2.24, 2.45) is 0 Å². The summed E-state index contributed by atoms with van der Waals surface area (Å²) in [5, 5.41) is 2.73. The number of amides is 1. The fraction of sp³-hybridized carbons (Fsp3) is 0.368. The second-order valence-corrected chi connectivity index (χ2v) is 7.17. The lowest BCUT2D eigenvalue weighted by atomic mass is 9.99. The maximum Gasteiger partial charge on any atom is 0.349 e. The molecule has 1 aromatic carbocycles. The van der Waals surface area contributed by atoms with Gasteiger partial charge in [0.1, 0.15) is 10.6 Å². The van der Waals surface area contributed by atoms with Crippen LogP contribution in [0.3, 0.4) is 0 Å². The minimum absolute atomic E-state index is 0.361. The van der Waals surface area contributed by atoms with Crippen LogP contribution in [0.15, 0.2) is 30.3 Å². The number of ether oxygens (including phenoxy) is 2.